The Kier molecular flexibility index (Phi) is 5.65. The van der Waals surface area contributed by atoms with Crippen LogP contribution in [0, 0.1) is 0 Å². The van der Waals surface area contributed by atoms with Gasteiger partial charge in [-0.25, -0.2) is 0 Å². The molecule has 0 spiro atoms. The normalized spacial score (nSPS) is 12.0. The average molecular weight is 251 g/mol. The van der Waals surface area contributed by atoms with Crippen LogP contribution >= 0.6 is 0 Å². The lowest BCUT2D eigenvalue weighted by atomic mass is 10.1. The molecule has 0 amide bonds. The summed E-state index contributed by atoms with van der Waals surface area (Å²) < 4.78 is 10.3. The van der Waals surface area contributed by atoms with Gasteiger partial charge in [0.05, 0.1) is 20.8 Å². The number of ketones is 1. The molecule has 0 heterocycles. The van der Waals surface area contributed by atoms with E-state index in [4.69, 9.17) is 9.47 Å². The van der Waals surface area contributed by atoms with Gasteiger partial charge in [-0.2, -0.15) is 0 Å². The summed E-state index contributed by atoms with van der Waals surface area (Å²) in [7, 11) is 3.14. The van der Waals surface area contributed by atoms with Gasteiger partial charge in [0.2, 0.25) is 0 Å². The van der Waals surface area contributed by atoms with Gasteiger partial charge in [-0.15, -0.1) is 0 Å². The number of nitrogens with one attached hydrogen (secondary N) is 1. The molecular formula is C14H21NO3. The SMILES string of the molecule is CCC(C)NCC(=O)c1cc(OC)cc(OC)c1. The highest BCUT2D eigenvalue weighted by atomic mass is 16.5. The molecule has 0 aliphatic rings. The van der Waals surface area contributed by atoms with Crippen molar-refractivity contribution in [3.05, 3.63) is 23.8 Å². The maximum Gasteiger partial charge on any atom is 0.176 e. The minimum absolute atomic E-state index is 0.0347. The maximum atomic E-state index is 12.0. The molecule has 0 saturated carbocycles. The predicted molar refractivity (Wildman–Crippen MR) is 71.6 cm³/mol. The standard InChI is InChI=1S/C14H21NO3/c1-5-10(2)15-9-14(16)11-6-12(17-3)8-13(7-11)18-4/h6-8,10,15H,5,9H2,1-4H3. The van der Waals surface area contributed by atoms with E-state index >= 15 is 0 Å². The number of ether oxygens (including phenoxy) is 2. The molecule has 1 aromatic carbocycles. The Labute approximate surface area is 108 Å². The predicted octanol–water partition coefficient (Wildman–Crippen LogP) is 2.27. The first kappa shape index (κ1) is 14.5. The van der Waals surface area contributed by atoms with Crippen molar-refractivity contribution in [2.75, 3.05) is 20.8 Å². The van der Waals surface area contributed by atoms with Gasteiger partial charge in [0.25, 0.3) is 0 Å². The summed E-state index contributed by atoms with van der Waals surface area (Å²) in [5, 5.41) is 3.17. The fraction of sp³-hybridized carbons (Fsp3) is 0.500. The van der Waals surface area contributed by atoms with Crippen LogP contribution in [0.3, 0.4) is 0 Å². The van der Waals surface area contributed by atoms with Crippen molar-refractivity contribution in [3.8, 4) is 11.5 Å². The van der Waals surface area contributed by atoms with Gasteiger partial charge >= 0.3 is 0 Å². The van der Waals surface area contributed by atoms with Crippen LogP contribution in [0.15, 0.2) is 18.2 Å². The maximum absolute atomic E-state index is 12.0. The molecule has 0 saturated heterocycles. The molecule has 1 aromatic rings. The number of carbonyl (C=O) groups is 1. The second-order valence-electron chi connectivity index (χ2n) is 4.21. The zero-order valence-corrected chi connectivity index (χ0v) is 11.4. The van der Waals surface area contributed by atoms with Gasteiger partial charge in [0, 0.05) is 17.7 Å². The molecule has 0 aliphatic heterocycles. The second-order valence-corrected chi connectivity index (χ2v) is 4.21. The van der Waals surface area contributed by atoms with Crippen LogP contribution in [-0.4, -0.2) is 32.6 Å². The summed E-state index contributed by atoms with van der Waals surface area (Å²) in [6, 6.07) is 5.53. The first-order valence-electron chi connectivity index (χ1n) is 6.10. The Balaban J connectivity index is 2.78. The summed E-state index contributed by atoms with van der Waals surface area (Å²) in [5.41, 5.74) is 0.599. The first-order valence-corrected chi connectivity index (χ1v) is 6.10. The number of rotatable bonds is 7. The molecule has 100 valence electrons. The zero-order chi connectivity index (χ0) is 13.5. The van der Waals surface area contributed by atoms with Crippen LogP contribution in [0.2, 0.25) is 0 Å². The van der Waals surface area contributed by atoms with Crippen LogP contribution < -0.4 is 14.8 Å². The fourth-order valence-corrected chi connectivity index (χ4v) is 1.48. The lowest BCUT2D eigenvalue weighted by Crippen LogP contribution is -2.30. The second kappa shape index (κ2) is 7.01. The van der Waals surface area contributed by atoms with E-state index in [0.717, 1.165) is 6.42 Å². The first-order chi connectivity index (χ1) is 8.60. The number of carbonyl (C=O) groups excluding carboxylic acids is 1. The van der Waals surface area contributed by atoms with Gasteiger partial charge in [-0.1, -0.05) is 6.92 Å². The smallest absolute Gasteiger partial charge is 0.176 e. The molecule has 4 heteroatoms. The molecule has 0 radical (unpaired) electrons. The van der Waals surface area contributed by atoms with E-state index in [1.165, 1.54) is 0 Å². The van der Waals surface area contributed by atoms with Crippen molar-refractivity contribution in [1.29, 1.82) is 0 Å². The van der Waals surface area contributed by atoms with E-state index in [-0.39, 0.29) is 5.78 Å². The summed E-state index contributed by atoms with van der Waals surface area (Å²) in [4.78, 5) is 12.0. The van der Waals surface area contributed by atoms with Crippen LogP contribution in [0.1, 0.15) is 30.6 Å². The number of methoxy groups -OCH3 is 2. The number of benzene rings is 1. The minimum atomic E-state index is 0.0347. The minimum Gasteiger partial charge on any atom is -0.497 e. The molecule has 0 aliphatic carbocycles. The van der Waals surface area contributed by atoms with Crippen LogP contribution in [-0.2, 0) is 0 Å². The van der Waals surface area contributed by atoms with E-state index < -0.39 is 0 Å². The Morgan fingerprint density at radius 3 is 2.22 bits per heavy atom. The van der Waals surface area contributed by atoms with E-state index in [1.807, 2.05) is 0 Å². The van der Waals surface area contributed by atoms with Crippen LogP contribution in [0.25, 0.3) is 0 Å². The zero-order valence-electron chi connectivity index (χ0n) is 11.4. The average Bonchev–Trinajstić information content (AvgIpc) is 2.43. The monoisotopic (exact) mass is 251 g/mol. The third-order valence-corrected chi connectivity index (χ3v) is 2.90. The van der Waals surface area contributed by atoms with Crippen molar-refractivity contribution in [3.63, 3.8) is 0 Å². The number of hydrogen-bond acceptors (Lipinski definition) is 4. The molecule has 4 nitrogen and oxygen atoms in total. The highest BCUT2D eigenvalue weighted by molar-refractivity contribution is 5.98. The summed E-state index contributed by atoms with van der Waals surface area (Å²) in [6.45, 7) is 4.46. The lowest BCUT2D eigenvalue weighted by Gasteiger charge is -2.11. The Bertz CT molecular complexity index is 382. The molecule has 0 aromatic heterocycles. The van der Waals surface area contributed by atoms with Crippen LogP contribution in [0.5, 0.6) is 11.5 Å². The molecule has 0 fully saturated rings. The largest absolute Gasteiger partial charge is 0.497 e. The molecule has 1 N–H and O–H groups in total. The summed E-state index contributed by atoms with van der Waals surface area (Å²) in [6.07, 6.45) is 0.995. The molecule has 1 unspecified atom stereocenters. The van der Waals surface area contributed by atoms with Gasteiger partial charge in [0.15, 0.2) is 5.78 Å². The lowest BCUT2D eigenvalue weighted by molar-refractivity contribution is 0.0987. The third kappa shape index (κ3) is 4.04. The third-order valence-electron chi connectivity index (χ3n) is 2.90. The van der Waals surface area contributed by atoms with E-state index in [0.29, 0.717) is 29.6 Å². The van der Waals surface area contributed by atoms with Crippen molar-refractivity contribution in [1.82, 2.24) is 5.32 Å². The molecule has 0 bridgehead atoms. The molecule has 1 rings (SSSR count). The van der Waals surface area contributed by atoms with E-state index in [2.05, 4.69) is 19.2 Å². The van der Waals surface area contributed by atoms with Gasteiger partial charge in [-0.05, 0) is 25.5 Å². The number of Topliss-reactive ketones (excluding diaryl/α,β-unsaturated/α-hetero) is 1. The van der Waals surface area contributed by atoms with E-state index in [9.17, 15) is 4.79 Å². The molecule has 18 heavy (non-hydrogen) atoms. The van der Waals surface area contributed by atoms with Crippen molar-refractivity contribution >= 4 is 5.78 Å². The van der Waals surface area contributed by atoms with Gasteiger partial charge in [0.1, 0.15) is 11.5 Å². The Morgan fingerprint density at radius 1 is 1.22 bits per heavy atom. The number of hydrogen-bond donors (Lipinski definition) is 1. The highest BCUT2D eigenvalue weighted by Gasteiger charge is 2.10. The summed E-state index contributed by atoms with van der Waals surface area (Å²) >= 11 is 0. The van der Waals surface area contributed by atoms with Crippen molar-refractivity contribution in [2.24, 2.45) is 0 Å². The van der Waals surface area contributed by atoms with Gasteiger partial charge < -0.3 is 14.8 Å². The Morgan fingerprint density at radius 2 is 1.78 bits per heavy atom. The van der Waals surface area contributed by atoms with Crippen LogP contribution in [0.4, 0.5) is 0 Å². The Hall–Kier alpha value is -1.55. The van der Waals surface area contributed by atoms with Gasteiger partial charge in [-0.3, -0.25) is 4.79 Å². The topological polar surface area (TPSA) is 47.6 Å². The quantitative estimate of drug-likeness (QED) is 0.755. The highest BCUT2D eigenvalue weighted by Crippen LogP contribution is 2.22. The van der Waals surface area contributed by atoms with E-state index in [1.54, 1.807) is 32.4 Å². The van der Waals surface area contributed by atoms with Crippen molar-refractivity contribution in [2.45, 2.75) is 26.3 Å². The molecule has 1 atom stereocenters. The summed E-state index contributed by atoms with van der Waals surface area (Å²) in [5.74, 6) is 1.29. The molecular weight excluding hydrogens is 230 g/mol. The fourth-order valence-electron chi connectivity index (χ4n) is 1.48. The van der Waals surface area contributed by atoms with Crippen molar-refractivity contribution < 1.29 is 14.3 Å².